The maximum absolute atomic E-state index is 13.3. The summed E-state index contributed by atoms with van der Waals surface area (Å²) in [6.07, 6.45) is 0.262. The van der Waals surface area contributed by atoms with Gasteiger partial charge in [0.1, 0.15) is 5.65 Å². The number of amides is 1. The predicted octanol–water partition coefficient (Wildman–Crippen LogP) is 4.08. The zero-order chi connectivity index (χ0) is 22.0. The van der Waals surface area contributed by atoms with Crippen LogP contribution in [0.3, 0.4) is 0 Å². The van der Waals surface area contributed by atoms with Gasteiger partial charge in [-0.05, 0) is 43.2 Å². The first-order valence-corrected chi connectivity index (χ1v) is 10.5. The van der Waals surface area contributed by atoms with E-state index in [2.05, 4.69) is 33.6 Å². The van der Waals surface area contributed by atoms with E-state index in [1.54, 1.807) is 6.20 Å². The first-order valence-electron chi connectivity index (χ1n) is 10.5. The summed E-state index contributed by atoms with van der Waals surface area (Å²) in [5.41, 5.74) is 1.08. The fourth-order valence-corrected chi connectivity index (χ4v) is 4.18. The van der Waals surface area contributed by atoms with Crippen LogP contribution in [0.2, 0.25) is 0 Å². The molecule has 164 valence electrons. The van der Waals surface area contributed by atoms with E-state index in [0.717, 1.165) is 36.6 Å². The SMILES string of the molecule is CCn1cc(CCN2CCN(C(=O)c3ccccc3C(F)(F)F)CC2)c2cccnc21. The molecule has 3 aromatic rings. The molecular weight excluding hydrogens is 405 g/mol. The van der Waals surface area contributed by atoms with Gasteiger partial charge in [-0.15, -0.1) is 0 Å². The summed E-state index contributed by atoms with van der Waals surface area (Å²) in [7, 11) is 0. The summed E-state index contributed by atoms with van der Waals surface area (Å²) in [6, 6.07) is 9.02. The predicted molar refractivity (Wildman–Crippen MR) is 113 cm³/mol. The maximum atomic E-state index is 13.3. The molecular formula is C23H25F3N4O. The number of nitrogens with zero attached hydrogens (tertiary/aromatic N) is 4. The van der Waals surface area contributed by atoms with Crippen molar-refractivity contribution >= 4 is 16.9 Å². The van der Waals surface area contributed by atoms with Gasteiger partial charge in [-0.3, -0.25) is 9.69 Å². The van der Waals surface area contributed by atoms with Crippen LogP contribution in [-0.2, 0) is 19.1 Å². The zero-order valence-electron chi connectivity index (χ0n) is 17.4. The number of pyridine rings is 1. The second kappa shape index (κ2) is 8.70. The number of rotatable bonds is 5. The molecule has 4 rings (SSSR count). The summed E-state index contributed by atoms with van der Waals surface area (Å²) >= 11 is 0. The zero-order valence-corrected chi connectivity index (χ0v) is 17.4. The molecule has 8 heteroatoms. The van der Waals surface area contributed by atoms with Gasteiger partial charge in [0.05, 0.1) is 11.1 Å². The molecule has 3 heterocycles. The number of hydrogen-bond acceptors (Lipinski definition) is 3. The Balaban J connectivity index is 1.37. The van der Waals surface area contributed by atoms with Crippen LogP contribution in [0.25, 0.3) is 11.0 Å². The molecule has 5 nitrogen and oxygen atoms in total. The van der Waals surface area contributed by atoms with Crippen LogP contribution in [0.1, 0.15) is 28.4 Å². The van der Waals surface area contributed by atoms with E-state index in [1.165, 1.54) is 28.7 Å². The van der Waals surface area contributed by atoms with E-state index in [-0.39, 0.29) is 5.56 Å². The molecule has 1 aromatic carbocycles. The number of hydrogen-bond donors (Lipinski definition) is 0. The molecule has 0 aliphatic carbocycles. The third-order valence-corrected chi connectivity index (χ3v) is 5.88. The van der Waals surface area contributed by atoms with Gasteiger partial charge in [-0.1, -0.05) is 12.1 Å². The number of carbonyl (C=O) groups is 1. The molecule has 0 unspecified atom stereocenters. The molecule has 0 atom stereocenters. The molecule has 0 saturated carbocycles. The van der Waals surface area contributed by atoms with Crippen molar-refractivity contribution in [3.8, 4) is 0 Å². The third-order valence-electron chi connectivity index (χ3n) is 5.88. The van der Waals surface area contributed by atoms with Gasteiger partial charge in [-0.2, -0.15) is 13.2 Å². The van der Waals surface area contributed by atoms with Crippen LogP contribution >= 0.6 is 0 Å². The monoisotopic (exact) mass is 430 g/mol. The van der Waals surface area contributed by atoms with Crippen molar-refractivity contribution in [2.24, 2.45) is 0 Å². The van der Waals surface area contributed by atoms with Crippen molar-refractivity contribution in [3.63, 3.8) is 0 Å². The highest BCUT2D eigenvalue weighted by atomic mass is 19.4. The van der Waals surface area contributed by atoms with Gasteiger partial charge in [0.15, 0.2) is 0 Å². The molecule has 0 N–H and O–H groups in total. The Morgan fingerprint density at radius 3 is 2.52 bits per heavy atom. The van der Waals surface area contributed by atoms with Crippen molar-refractivity contribution < 1.29 is 18.0 Å². The highest BCUT2D eigenvalue weighted by Gasteiger charge is 2.36. The summed E-state index contributed by atoms with van der Waals surface area (Å²) in [6.45, 7) is 5.90. The van der Waals surface area contributed by atoms with Crippen molar-refractivity contribution in [2.45, 2.75) is 26.1 Å². The molecule has 1 aliphatic rings. The quantitative estimate of drug-likeness (QED) is 0.613. The average molecular weight is 430 g/mol. The lowest BCUT2D eigenvalue weighted by atomic mass is 10.1. The molecule has 1 aliphatic heterocycles. The second-order valence-electron chi connectivity index (χ2n) is 7.74. The molecule has 31 heavy (non-hydrogen) atoms. The van der Waals surface area contributed by atoms with E-state index >= 15 is 0 Å². The molecule has 0 bridgehead atoms. The fraction of sp³-hybridized carbons (Fsp3) is 0.391. The minimum Gasteiger partial charge on any atom is -0.336 e. The fourth-order valence-electron chi connectivity index (χ4n) is 4.18. The molecule has 0 radical (unpaired) electrons. The highest BCUT2D eigenvalue weighted by molar-refractivity contribution is 5.96. The van der Waals surface area contributed by atoms with Crippen LogP contribution in [0, 0.1) is 0 Å². The van der Waals surface area contributed by atoms with Crippen molar-refractivity contribution in [1.82, 2.24) is 19.4 Å². The first-order chi connectivity index (χ1) is 14.9. The van der Waals surface area contributed by atoms with E-state index in [0.29, 0.717) is 26.2 Å². The Morgan fingerprint density at radius 2 is 1.81 bits per heavy atom. The van der Waals surface area contributed by atoms with Crippen LogP contribution < -0.4 is 0 Å². The second-order valence-corrected chi connectivity index (χ2v) is 7.74. The number of fused-ring (bicyclic) bond motifs is 1. The van der Waals surface area contributed by atoms with E-state index in [4.69, 9.17) is 0 Å². The van der Waals surface area contributed by atoms with Gasteiger partial charge in [0.25, 0.3) is 5.91 Å². The summed E-state index contributed by atoms with van der Waals surface area (Å²) < 4.78 is 41.9. The van der Waals surface area contributed by atoms with Crippen LogP contribution in [0.5, 0.6) is 0 Å². The Hall–Kier alpha value is -2.87. The van der Waals surface area contributed by atoms with Crippen molar-refractivity contribution in [1.29, 1.82) is 0 Å². The van der Waals surface area contributed by atoms with Crippen molar-refractivity contribution in [3.05, 3.63) is 65.5 Å². The lowest BCUT2D eigenvalue weighted by molar-refractivity contribution is -0.138. The summed E-state index contributed by atoms with van der Waals surface area (Å²) in [5, 5.41) is 1.15. The van der Waals surface area contributed by atoms with Gasteiger partial charge in [0.2, 0.25) is 0 Å². The minimum atomic E-state index is -4.54. The van der Waals surface area contributed by atoms with Crippen molar-refractivity contribution in [2.75, 3.05) is 32.7 Å². The third kappa shape index (κ3) is 4.44. The number of alkyl halides is 3. The molecule has 2 aromatic heterocycles. The normalized spacial score (nSPS) is 15.5. The number of aromatic nitrogens is 2. The number of benzene rings is 1. The maximum Gasteiger partial charge on any atom is 0.417 e. The van der Waals surface area contributed by atoms with Gasteiger partial charge < -0.3 is 9.47 Å². The lowest BCUT2D eigenvalue weighted by Crippen LogP contribution is -2.49. The summed E-state index contributed by atoms with van der Waals surface area (Å²) in [5.74, 6) is -0.551. The van der Waals surface area contributed by atoms with Crippen LogP contribution in [0.15, 0.2) is 48.8 Å². The molecule has 1 fully saturated rings. The van der Waals surface area contributed by atoms with E-state index < -0.39 is 17.6 Å². The Morgan fingerprint density at radius 1 is 1.06 bits per heavy atom. The Kier molecular flexibility index (Phi) is 6.00. The standard InChI is InChI=1S/C23H25F3N4O/c1-2-29-16-17(18-7-5-10-27-21(18)29)9-11-28-12-14-30(15-13-28)22(31)19-6-3-4-8-20(19)23(24,25)26/h3-8,10,16H,2,9,11-15H2,1H3. The minimum absolute atomic E-state index is 0.275. The van der Waals surface area contributed by atoms with Crippen LogP contribution in [0.4, 0.5) is 13.2 Å². The topological polar surface area (TPSA) is 41.4 Å². The lowest BCUT2D eigenvalue weighted by Gasteiger charge is -2.35. The Bertz CT molecular complexity index is 1070. The number of aryl methyl sites for hydroxylation is 1. The smallest absolute Gasteiger partial charge is 0.336 e. The molecule has 1 saturated heterocycles. The van der Waals surface area contributed by atoms with E-state index in [1.807, 2.05) is 6.07 Å². The number of piperazine rings is 1. The highest BCUT2D eigenvalue weighted by Crippen LogP contribution is 2.32. The number of carbonyl (C=O) groups excluding carboxylic acids is 1. The summed E-state index contributed by atoms with van der Waals surface area (Å²) in [4.78, 5) is 21.0. The first kappa shape index (κ1) is 21.4. The number of halogens is 3. The molecule has 0 spiro atoms. The van der Waals surface area contributed by atoms with E-state index in [9.17, 15) is 18.0 Å². The van der Waals surface area contributed by atoms with Gasteiger partial charge in [0, 0.05) is 57.0 Å². The molecule has 1 amide bonds. The van der Waals surface area contributed by atoms with Gasteiger partial charge in [-0.25, -0.2) is 4.98 Å². The Labute approximate surface area is 179 Å². The largest absolute Gasteiger partial charge is 0.417 e. The average Bonchev–Trinajstić information content (AvgIpc) is 3.15. The van der Waals surface area contributed by atoms with Gasteiger partial charge >= 0.3 is 6.18 Å². The van der Waals surface area contributed by atoms with Crippen LogP contribution in [-0.4, -0.2) is 58.0 Å².